The summed E-state index contributed by atoms with van der Waals surface area (Å²) in [5.74, 6) is 0.103. The van der Waals surface area contributed by atoms with E-state index in [1.807, 2.05) is 0 Å². The zero-order valence-electron chi connectivity index (χ0n) is 12.0. The lowest BCUT2D eigenvalue weighted by atomic mass is 9.93. The number of likely N-dealkylation sites (N-methyl/N-ethyl adjacent to an activating group) is 1. The molecule has 2 heterocycles. The molecule has 1 aliphatic rings. The summed E-state index contributed by atoms with van der Waals surface area (Å²) in [5.41, 5.74) is 1.29. The maximum absolute atomic E-state index is 11.6. The predicted molar refractivity (Wildman–Crippen MR) is 84.9 cm³/mol. The number of carbonyl (C=O) groups excluding carboxylic acids is 1. The third kappa shape index (κ3) is 2.88. The Kier molecular flexibility index (Phi) is 4.10. The lowest BCUT2D eigenvalue weighted by molar-refractivity contribution is -0.127. The van der Waals surface area contributed by atoms with Crippen LogP contribution in [-0.4, -0.2) is 47.5 Å². The fourth-order valence-electron chi connectivity index (χ4n) is 2.64. The van der Waals surface area contributed by atoms with Gasteiger partial charge in [0.15, 0.2) is 0 Å². The highest BCUT2D eigenvalue weighted by Gasteiger charge is 2.24. The first-order chi connectivity index (χ1) is 10.1. The van der Waals surface area contributed by atoms with Crippen molar-refractivity contribution in [1.29, 1.82) is 0 Å². The summed E-state index contributed by atoms with van der Waals surface area (Å²) < 4.78 is 0. The topological polar surface area (TPSA) is 58.1 Å². The van der Waals surface area contributed by atoms with Gasteiger partial charge >= 0.3 is 0 Å². The van der Waals surface area contributed by atoms with E-state index in [1.165, 1.54) is 16.8 Å². The zero-order chi connectivity index (χ0) is 15.0. The summed E-state index contributed by atoms with van der Waals surface area (Å²) >= 11 is 7.89. The van der Waals surface area contributed by atoms with Gasteiger partial charge in [-0.1, -0.05) is 11.6 Å². The molecular formula is C14H17ClN4OS. The quantitative estimate of drug-likeness (QED) is 0.876. The number of nitrogens with one attached hydrogen (secondary N) is 1. The van der Waals surface area contributed by atoms with Crippen LogP contribution in [0.2, 0.25) is 5.15 Å². The van der Waals surface area contributed by atoms with Crippen molar-refractivity contribution in [2.75, 3.05) is 20.6 Å². The Morgan fingerprint density at radius 1 is 1.52 bits per heavy atom. The van der Waals surface area contributed by atoms with E-state index in [1.54, 1.807) is 30.3 Å². The van der Waals surface area contributed by atoms with Gasteiger partial charge in [-0.3, -0.25) is 4.79 Å². The number of thiophene rings is 1. The summed E-state index contributed by atoms with van der Waals surface area (Å²) in [5, 5.41) is 4.91. The molecule has 7 heteroatoms. The first kappa shape index (κ1) is 14.7. The fourth-order valence-corrected chi connectivity index (χ4v) is 4.21. The number of halogens is 1. The van der Waals surface area contributed by atoms with Gasteiger partial charge in [-0.05, 0) is 24.8 Å². The number of rotatable bonds is 3. The van der Waals surface area contributed by atoms with Crippen LogP contribution in [0, 0.1) is 0 Å². The highest BCUT2D eigenvalue weighted by atomic mass is 35.5. The smallest absolute Gasteiger partial charge is 0.236 e. The Bertz CT molecular complexity index is 685. The Morgan fingerprint density at radius 3 is 3.10 bits per heavy atom. The average Bonchev–Trinajstić information content (AvgIpc) is 2.83. The first-order valence-corrected chi connectivity index (χ1v) is 8.10. The number of amides is 1. The second-order valence-corrected chi connectivity index (χ2v) is 6.90. The number of hydrogen-bond acceptors (Lipinski definition) is 5. The van der Waals surface area contributed by atoms with Gasteiger partial charge in [0, 0.05) is 25.0 Å². The Hall–Kier alpha value is -1.24. The highest BCUT2D eigenvalue weighted by molar-refractivity contribution is 7.19. The van der Waals surface area contributed by atoms with Crippen LogP contribution in [0.5, 0.6) is 0 Å². The molecule has 0 fully saturated rings. The maximum Gasteiger partial charge on any atom is 0.236 e. The van der Waals surface area contributed by atoms with Gasteiger partial charge in [0.25, 0.3) is 0 Å². The van der Waals surface area contributed by atoms with E-state index in [0.717, 1.165) is 29.5 Å². The number of carbonyl (C=O) groups is 1. The second-order valence-electron chi connectivity index (χ2n) is 5.46. The molecule has 21 heavy (non-hydrogen) atoms. The molecule has 0 radical (unpaired) electrons. The molecule has 2 aromatic rings. The average molecular weight is 325 g/mol. The first-order valence-electron chi connectivity index (χ1n) is 6.90. The van der Waals surface area contributed by atoms with Gasteiger partial charge in [0.1, 0.15) is 16.3 Å². The van der Waals surface area contributed by atoms with E-state index >= 15 is 0 Å². The Balaban J connectivity index is 1.76. The van der Waals surface area contributed by atoms with Crippen molar-refractivity contribution in [3.63, 3.8) is 0 Å². The van der Waals surface area contributed by atoms with E-state index in [-0.39, 0.29) is 5.91 Å². The van der Waals surface area contributed by atoms with Crippen LogP contribution in [0.3, 0.4) is 0 Å². The number of fused-ring (bicyclic) bond motifs is 3. The Morgan fingerprint density at radius 2 is 2.33 bits per heavy atom. The van der Waals surface area contributed by atoms with Gasteiger partial charge in [0.2, 0.25) is 5.91 Å². The van der Waals surface area contributed by atoms with Crippen molar-refractivity contribution in [3.05, 3.63) is 21.9 Å². The molecule has 1 amide bonds. The fraction of sp³-hybridized carbons (Fsp3) is 0.500. The SMILES string of the molecule is CN(C)C(=O)CNC1CCc2c(sc3ncnc(Cl)c23)C1. The summed E-state index contributed by atoms with van der Waals surface area (Å²) in [6.07, 6.45) is 4.40. The molecule has 0 aromatic carbocycles. The van der Waals surface area contributed by atoms with Crippen LogP contribution in [-0.2, 0) is 17.6 Å². The minimum atomic E-state index is 0.103. The molecule has 1 unspecified atom stereocenters. The zero-order valence-corrected chi connectivity index (χ0v) is 13.6. The monoisotopic (exact) mass is 324 g/mol. The predicted octanol–water partition coefficient (Wildman–Crippen LogP) is 1.88. The molecule has 1 N–H and O–H groups in total. The van der Waals surface area contributed by atoms with Crippen molar-refractivity contribution in [1.82, 2.24) is 20.2 Å². The molecule has 0 saturated heterocycles. The number of aryl methyl sites for hydroxylation is 1. The molecular weight excluding hydrogens is 308 g/mol. The minimum absolute atomic E-state index is 0.103. The van der Waals surface area contributed by atoms with Crippen molar-refractivity contribution in [2.45, 2.75) is 25.3 Å². The van der Waals surface area contributed by atoms with Crippen LogP contribution in [0.1, 0.15) is 16.9 Å². The maximum atomic E-state index is 11.6. The van der Waals surface area contributed by atoms with Crippen LogP contribution in [0.15, 0.2) is 6.33 Å². The molecule has 1 atom stereocenters. The van der Waals surface area contributed by atoms with E-state index in [2.05, 4.69) is 15.3 Å². The van der Waals surface area contributed by atoms with Crippen LogP contribution in [0.25, 0.3) is 10.2 Å². The lowest BCUT2D eigenvalue weighted by Gasteiger charge is -2.24. The molecule has 5 nitrogen and oxygen atoms in total. The third-order valence-corrected chi connectivity index (χ3v) is 5.29. The van der Waals surface area contributed by atoms with Gasteiger partial charge < -0.3 is 10.2 Å². The molecule has 3 rings (SSSR count). The Labute approximate surface area is 132 Å². The van der Waals surface area contributed by atoms with Gasteiger partial charge in [-0.2, -0.15) is 0 Å². The molecule has 0 aliphatic heterocycles. The van der Waals surface area contributed by atoms with E-state index < -0.39 is 0 Å². The summed E-state index contributed by atoms with van der Waals surface area (Å²) in [4.78, 5) is 23.9. The number of aromatic nitrogens is 2. The van der Waals surface area contributed by atoms with Crippen molar-refractivity contribution < 1.29 is 4.79 Å². The van der Waals surface area contributed by atoms with Crippen molar-refractivity contribution in [3.8, 4) is 0 Å². The van der Waals surface area contributed by atoms with Crippen LogP contribution < -0.4 is 5.32 Å². The molecule has 0 bridgehead atoms. The van der Waals surface area contributed by atoms with Gasteiger partial charge in [-0.25, -0.2) is 9.97 Å². The molecule has 0 spiro atoms. The van der Waals surface area contributed by atoms with E-state index in [9.17, 15) is 4.79 Å². The van der Waals surface area contributed by atoms with E-state index in [0.29, 0.717) is 17.7 Å². The lowest BCUT2D eigenvalue weighted by Crippen LogP contribution is -2.41. The molecule has 0 saturated carbocycles. The summed E-state index contributed by atoms with van der Waals surface area (Å²) in [6, 6.07) is 0.334. The minimum Gasteiger partial charge on any atom is -0.348 e. The second kappa shape index (κ2) is 5.87. The largest absolute Gasteiger partial charge is 0.348 e. The number of nitrogens with zero attached hydrogens (tertiary/aromatic N) is 3. The van der Waals surface area contributed by atoms with Crippen molar-refractivity contribution in [2.24, 2.45) is 0 Å². The summed E-state index contributed by atoms with van der Waals surface area (Å²) in [6.45, 7) is 0.387. The highest BCUT2D eigenvalue weighted by Crippen LogP contribution is 2.37. The van der Waals surface area contributed by atoms with Gasteiger partial charge in [0.05, 0.1) is 11.9 Å². The van der Waals surface area contributed by atoms with Gasteiger partial charge in [-0.15, -0.1) is 11.3 Å². The summed E-state index contributed by atoms with van der Waals surface area (Å²) in [7, 11) is 3.55. The van der Waals surface area contributed by atoms with Crippen LogP contribution >= 0.6 is 22.9 Å². The van der Waals surface area contributed by atoms with Crippen LogP contribution in [0.4, 0.5) is 0 Å². The molecule has 1 aliphatic carbocycles. The molecule has 112 valence electrons. The molecule has 2 aromatic heterocycles. The standard InChI is InChI=1S/C14H17ClN4OS/c1-19(2)11(20)6-16-8-3-4-9-10(5-8)21-14-12(9)13(15)17-7-18-14/h7-8,16H,3-6H2,1-2H3. The van der Waals surface area contributed by atoms with Crippen molar-refractivity contribution >= 4 is 39.1 Å². The number of hydrogen-bond donors (Lipinski definition) is 1. The normalized spacial score (nSPS) is 17.8. The van der Waals surface area contributed by atoms with E-state index in [4.69, 9.17) is 11.6 Å². The third-order valence-electron chi connectivity index (χ3n) is 3.84.